The van der Waals surface area contributed by atoms with E-state index in [0.29, 0.717) is 6.42 Å². The lowest BCUT2D eigenvalue weighted by molar-refractivity contribution is -0.149. The predicted octanol–water partition coefficient (Wildman–Crippen LogP) is 2.83. The summed E-state index contributed by atoms with van der Waals surface area (Å²) < 4.78 is 0. The van der Waals surface area contributed by atoms with Gasteiger partial charge in [0.25, 0.3) is 0 Å². The molecule has 2 nitrogen and oxygen atoms in total. The van der Waals surface area contributed by atoms with Crippen LogP contribution >= 0.6 is 0 Å². The van der Waals surface area contributed by atoms with E-state index < -0.39 is 11.4 Å². The van der Waals surface area contributed by atoms with E-state index in [9.17, 15) is 9.90 Å². The van der Waals surface area contributed by atoms with Gasteiger partial charge >= 0.3 is 5.97 Å². The summed E-state index contributed by atoms with van der Waals surface area (Å²) in [5.41, 5.74) is -0.542. The van der Waals surface area contributed by atoms with Crippen LogP contribution in [0.4, 0.5) is 0 Å². The SMILES string of the molecule is CC#CCC1(C(=O)O)CCCCCC1. The maximum atomic E-state index is 11.3. The van der Waals surface area contributed by atoms with E-state index in [4.69, 9.17) is 0 Å². The Balaban J connectivity index is 2.75. The van der Waals surface area contributed by atoms with Crippen molar-refractivity contribution in [1.82, 2.24) is 0 Å². The van der Waals surface area contributed by atoms with Crippen LogP contribution in [-0.2, 0) is 4.79 Å². The van der Waals surface area contributed by atoms with Crippen molar-refractivity contribution in [2.45, 2.75) is 51.9 Å². The van der Waals surface area contributed by atoms with Crippen molar-refractivity contribution in [3.05, 3.63) is 0 Å². The molecule has 14 heavy (non-hydrogen) atoms. The van der Waals surface area contributed by atoms with Crippen molar-refractivity contribution in [1.29, 1.82) is 0 Å². The van der Waals surface area contributed by atoms with E-state index in [0.717, 1.165) is 25.7 Å². The van der Waals surface area contributed by atoms with Crippen LogP contribution in [0, 0.1) is 17.3 Å². The Morgan fingerprint density at radius 1 is 1.29 bits per heavy atom. The Kier molecular flexibility index (Phi) is 4.00. The van der Waals surface area contributed by atoms with Gasteiger partial charge < -0.3 is 5.11 Å². The molecule has 2 heteroatoms. The Morgan fingerprint density at radius 2 is 1.86 bits per heavy atom. The van der Waals surface area contributed by atoms with Gasteiger partial charge in [-0.2, -0.15) is 0 Å². The lowest BCUT2D eigenvalue weighted by Gasteiger charge is -2.25. The van der Waals surface area contributed by atoms with Crippen molar-refractivity contribution in [2.24, 2.45) is 5.41 Å². The predicted molar refractivity (Wildman–Crippen MR) is 55.8 cm³/mol. The first-order chi connectivity index (χ1) is 6.71. The first-order valence-corrected chi connectivity index (χ1v) is 5.34. The quantitative estimate of drug-likeness (QED) is 0.542. The van der Waals surface area contributed by atoms with E-state index in [1.807, 2.05) is 0 Å². The zero-order chi connectivity index (χ0) is 10.4. The fourth-order valence-corrected chi connectivity index (χ4v) is 2.13. The number of aliphatic carboxylic acids is 1. The van der Waals surface area contributed by atoms with Gasteiger partial charge in [-0.3, -0.25) is 4.79 Å². The number of carboxylic acids is 1. The fraction of sp³-hybridized carbons (Fsp3) is 0.750. The maximum absolute atomic E-state index is 11.3. The number of hydrogen-bond acceptors (Lipinski definition) is 1. The molecular weight excluding hydrogens is 176 g/mol. The summed E-state index contributed by atoms with van der Waals surface area (Å²) in [7, 11) is 0. The molecule has 0 unspecified atom stereocenters. The molecule has 0 radical (unpaired) electrons. The molecule has 0 aliphatic heterocycles. The zero-order valence-electron chi connectivity index (χ0n) is 8.81. The van der Waals surface area contributed by atoms with E-state index >= 15 is 0 Å². The van der Waals surface area contributed by atoms with Gasteiger partial charge in [-0.25, -0.2) is 0 Å². The van der Waals surface area contributed by atoms with Crippen molar-refractivity contribution in [3.63, 3.8) is 0 Å². The largest absolute Gasteiger partial charge is 0.481 e. The van der Waals surface area contributed by atoms with Crippen LogP contribution in [0.25, 0.3) is 0 Å². The molecule has 1 N–H and O–H groups in total. The molecule has 1 aliphatic carbocycles. The standard InChI is InChI=1S/C12H18O2/c1-2-3-8-12(11(13)14)9-6-4-5-7-10-12/h4-10H2,1H3,(H,13,14). The minimum absolute atomic E-state index is 0.527. The molecule has 0 aromatic carbocycles. The number of hydrogen-bond donors (Lipinski definition) is 1. The number of rotatable bonds is 2. The summed E-state index contributed by atoms with van der Waals surface area (Å²) in [6.45, 7) is 1.77. The lowest BCUT2D eigenvalue weighted by atomic mass is 9.78. The van der Waals surface area contributed by atoms with Gasteiger partial charge in [0, 0.05) is 6.42 Å². The highest BCUT2D eigenvalue weighted by Crippen LogP contribution is 2.38. The lowest BCUT2D eigenvalue weighted by Crippen LogP contribution is -2.30. The van der Waals surface area contributed by atoms with Crippen LogP contribution in [0.3, 0.4) is 0 Å². The molecule has 0 atom stereocenters. The normalized spacial score (nSPS) is 20.4. The van der Waals surface area contributed by atoms with Gasteiger partial charge in [0.1, 0.15) is 0 Å². The van der Waals surface area contributed by atoms with Gasteiger partial charge in [0.15, 0.2) is 0 Å². The Morgan fingerprint density at radius 3 is 2.29 bits per heavy atom. The van der Waals surface area contributed by atoms with Crippen LogP contribution in [0.1, 0.15) is 51.9 Å². The highest BCUT2D eigenvalue weighted by Gasteiger charge is 2.37. The van der Waals surface area contributed by atoms with Gasteiger partial charge in [0.2, 0.25) is 0 Å². The molecule has 1 saturated carbocycles. The first-order valence-electron chi connectivity index (χ1n) is 5.34. The van der Waals surface area contributed by atoms with Crippen molar-refractivity contribution < 1.29 is 9.90 Å². The second-order valence-corrected chi connectivity index (χ2v) is 4.10. The molecule has 0 amide bonds. The monoisotopic (exact) mass is 194 g/mol. The zero-order valence-corrected chi connectivity index (χ0v) is 8.81. The maximum Gasteiger partial charge on any atom is 0.310 e. The molecular formula is C12H18O2. The fourth-order valence-electron chi connectivity index (χ4n) is 2.13. The van der Waals surface area contributed by atoms with Crippen LogP contribution in [0.2, 0.25) is 0 Å². The topological polar surface area (TPSA) is 37.3 Å². The molecule has 0 spiro atoms. The summed E-state index contributed by atoms with van der Waals surface area (Å²) >= 11 is 0. The molecule has 1 rings (SSSR count). The van der Waals surface area contributed by atoms with E-state index in [-0.39, 0.29) is 0 Å². The van der Waals surface area contributed by atoms with E-state index in [1.165, 1.54) is 12.8 Å². The van der Waals surface area contributed by atoms with Gasteiger partial charge in [-0.05, 0) is 19.8 Å². The smallest absolute Gasteiger partial charge is 0.310 e. The third-order valence-corrected chi connectivity index (χ3v) is 3.12. The molecule has 1 fully saturated rings. The summed E-state index contributed by atoms with van der Waals surface area (Å²) in [6.07, 6.45) is 6.56. The van der Waals surface area contributed by atoms with Crippen LogP contribution in [0.5, 0.6) is 0 Å². The summed E-state index contributed by atoms with van der Waals surface area (Å²) in [6, 6.07) is 0. The highest BCUT2D eigenvalue weighted by atomic mass is 16.4. The summed E-state index contributed by atoms with van der Waals surface area (Å²) in [4.78, 5) is 11.3. The van der Waals surface area contributed by atoms with Gasteiger partial charge in [-0.15, -0.1) is 11.8 Å². The second-order valence-electron chi connectivity index (χ2n) is 4.10. The molecule has 78 valence electrons. The van der Waals surface area contributed by atoms with Gasteiger partial charge in [-0.1, -0.05) is 25.7 Å². The molecule has 0 aromatic heterocycles. The van der Waals surface area contributed by atoms with E-state index in [1.54, 1.807) is 6.92 Å². The highest BCUT2D eigenvalue weighted by molar-refractivity contribution is 5.75. The first kappa shape index (κ1) is 11.1. The second kappa shape index (κ2) is 5.05. The third-order valence-electron chi connectivity index (χ3n) is 3.12. The van der Waals surface area contributed by atoms with Gasteiger partial charge in [0.05, 0.1) is 5.41 Å². The number of carbonyl (C=O) groups is 1. The Bertz CT molecular complexity index is 249. The Labute approximate surface area is 85.7 Å². The molecule has 0 bridgehead atoms. The van der Waals surface area contributed by atoms with Crippen molar-refractivity contribution in [2.75, 3.05) is 0 Å². The Hall–Kier alpha value is -0.970. The van der Waals surface area contributed by atoms with Crippen LogP contribution in [-0.4, -0.2) is 11.1 Å². The third kappa shape index (κ3) is 2.51. The average Bonchev–Trinajstić information content (AvgIpc) is 2.41. The van der Waals surface area contributed by atoms with Crippen molar-refractivity contribution >= 4 is 5.97 Å². The number of carboxylic acid groups (broad SMARTS) is 1. The molecule has 0 saturated heterocycles. The molecule has 0 aromatic rings. The minimum Gasteiger partial charge on any atom is -0.481 e. The van der Waals surface area contributed by atoms with E-state index in [2.05, 4.69) is 11.8 Å². The van der Waals surface area contributed by atoms with Crippen LogP contribution < -0.4 is 0 Å². The van der Waals surface area contributed by atoms with Crippen LogP contribution in [0.15, 0.2) is 0 Å². The molecule has 0 heterocycles. The van der Waals surface area contributed by atoms with Crippen molar-refractivity contribution in [3.8, 4) is 11.8 Å². The summed E-state index contributed by atoms with van der Waals surface area (Å²) in [5, 5.41) is 9.27. The average molecular weight is 194 g/mol. The molecule has 1 aliphatic rings. The summed E-state index contributed by atoms with van der Waals surface area (Å²) in [5.74, 6) is 5.09. The minimum atomic E-state index is -0.651.